The van der Waals surface area contributed by atoms with Gasteiger partial charge in [-0.3, -0.25) is 0 Å². The van der Waals surface area contributed by atoms with Crippen molar-refractivity contribution in [3.05, 3.63) is 53.7 Å². The van der Waals surface area contributed by atoms with Gasteiger partial charge < -0.3 is 19.2 Å². The SMILES string of the molecule is COCCOc1cccc(SNc2ccc(C)c3c(C#N)c[nH]c23)c1. The maximum atomic E-state index is 9.25. The van der Waals surface area contributed by atoms with E-state index in [-0.39, 0.29) is 0 Å². The number of methoxy groups -OCH3 is 1. The Hall–Kier alpha value is -2.62. The van der Waals surface area contributed by atoms with E-state index >= 15 is 0 Å². The number of benzene rings is 2. The number of nitriles is 1. The number of hydrogen-bond acceptors (Lipinski definition) is 5. The van der Waals surface area contributed by atoms with Crippen molar-refractivity contribution in [2.45, 2.75) is 11.8 Å². The molecular formula is C19H19N3O2S. The number of rotatable bonds is 7. The smallest absolute Gasteiger partial charge is 0.120 e. The predicted molar refractivity (Wildman–Crippen MR) is 101 cm³/mol. The second-order valence-corrected chi connectivity index (χ2v) is 6.39. The molecule has 0 amide bonds. The average molecular weight is 353 g/mol. The number of anilines is 1. The molecule has 0 fully saturated rings. The van der Waals surface area contributed by atoms with E-state index in [0.29, 0.717) is 18.8 Å². The highest BCUT2D eigenvalue weighted by Gasteiger charge is 2.10. The summed E-state index contributed by atoms with van der Waals surface area (Å²) in [4.78, 5) is 4.23. The van der Waals surface area contributed by atoms with Gasteiger partial charge in [0.2, 0.25) is 0 Å². The summed E-state index contributed by atoms with van der Waals surface area (Å²) < 4.78 is 14.0. The second kappa shape index (κ2) is 7.97. The van der Waals surface area contributed by atoms with E-state index in [1.165, 1.54) is 11.9 Å². The van der Waals surface area contributed by atoms with Gasteiger partial charge in [-0.25, -0.2) is 0 Å². The van der Waals surface area contributed by atoms with E-state index in [1.807, 2.05) is 43.3 Å². The monoisotopic (exact) mass is 353 g/mol. The Morgan fingerprint density at radius 1 is 1.24 bits per heavy atom. The lowest BCUT2D eigenvalue weighted by atomic mass is 10.1. The van der Waals surface area contributed by atoms with Crippen molar-refractivity contribution < 1.29 is 9.47 Å². The van der Waals surface area contributed by atoms with Crippen LogP contribution in [0, 0.1) is 18.3 Å². The summed E-state index contributed by atoms with van der Waals surface area (Å²) in [6.45, 7) is 3.09. The van der Waals surface area contributed by atoms with Gasteiger partial charge >= 0.3 is 0 Å². The third kappa shape index (κ3) is 3.90. The summed E-state index contributed by atoms with van der Waals surface area (Å²) in [5, 5.41) is 10.2. The van der Waals surface area contributed by atoms with Gasteiger partial charge in [0, 0.05) is 23.6 Å². The van der Waals surface area contributed by atoms with Gasteiger partial charge in [0.15, 0.2) is 0 Å². The molecule has 0 bridgehead atoms. The summed E-state index contributed by atoms with van der Waals surface area (Å²) in [7, 11) is 1.65. The fraction of sp³-hybridized carbons (Fsp3) is 0.211. The number of nitrogens with zero attached hydrogens (tertiary/aromatic N) is 1. The Balaban J connectivity index is 1.75. The largest absolute Gasteiger partial charge is 0.491 e. The van der Waals surface area contributed by atoms with Crippen LogP contribution in [0.25, 0.3) is 10.9 Å². The van der Waals surface area contributed by atoms with Crippen molar-refractivity contribution >= 4 is 28.5 Å². The Morgan fingerprint density at radius 2 is 2.12 bits per heavy atom. The number of aromatic nitrogens is 1. The summed E-state index contributed by atoms with van der Waals surface area (Å²) in [6, 6.07) is 14.1. The summed E-state index contributed by atoms with van der Waals surface area (Å²) in [5.41, 5.74) is 3.63. The second-order valence-electron chi connectivity index (χ2n) is 5.51. The first-order valence-electron chi connectivity index (χ1n) is 7.88. The van der Waals surface area contributed by atoms with Gasteiger partial charge in [0.1, 0.15) is 18.4 Å². The van der Waals surface area contributed by atoms with Crippen molar-refractivity contribution in [2.75, 3.05) is 25.0 Å². The number of aryl methyl sites for hydroxylation is 1. The predicted octanol–water partition coefficient (Wildman–Crippen LogP) is 4.49. The number of hydrogen-bond donors (Lipinski definition) is 2. The van der Waals surface area contributed by atoms with Crippen molar-refractivity contribution in [3.8, 4) is 11.8 Å². The maximum Gasteiger partial charge on any atom is 0.120 e. The summed E-state index contributed by atoms with van der Waals surface area (Å²) >= 11 is 1.50. The van der Waals surface area contributed by atoms with Gasteiger partial charge in [-0.2, -0.15) is 5.26 Å². The fourth-order valence-electron chi connectivity index (χ4n) is 2.58. The quantitative estimate of drug-likeness (QED) is 0.484. The molecule has 2 N–H and O–H groups in total. The number of ether oxygens (including phenoxy) is 2. The Labute approximate surface area is 151 Å². The zero-order valence-corrected chi connectivity index (χ0v) is 14.9. The molecule has 5 nitrogen and oxygen atoms in total. The molecule has 1 heterocycles. The molecule has 0 spiro atoms. The first-order chi connectivity index (χ1) is 12.2. The summed E-state index contributed by atoms with van der Waals surface area (Å²) in [5.74, 6) is 0.810. The van der Waals surface area contributed by atoms with E-state index in [4.69, 9.17) is 9.47 Å². The number of H-pyrrole nitrogens is 1. The molecule has 0 saturated heterocycles. The molecule has 2 aromatic carbocycles. The van der Waals surface area contributed by atoms with Crippen LogP contribution in [-0.4, -0.2) is 25.3 Å². The first-order valence-corrected chi connectivity index (χ1v) is 8.70. The van der Waals surface area contributed by atoms with Gasteiger partial charge in [-0.1, -0.05) is 12.1 Å². The van der Waals surface area contributed by atoms with Crippen LogP contribution in [0.15, 0.2) is 47.5 Å². The van der Waals surface area contributed by atoms with Gasteiger partial charge in [-0.15, -0.1) is 0 Å². The highest BCUT2D eigenvalue weighted by atomic mass is 32.2. The molecule has 0 aliphatic heterocycles. The molecule has 0 atom stereocenters. The van der Waals surface area contributed by atoms with Crippen LogP contribution in [-0.2, 0) is 4.74 Å². The Morgan fingerprint density at radius 3 is 2.92 bits per heavy atom. The van der Waals surface area contributed by atoms with Crippen molar-refractivity contribution in [1.29, 1.82) is 5.26 Å². The molecule has 0 radical (unpaired) electrons. The highest BCUT2D eigenvalue weighted by Crippen LogP contribution is 2.32. The number of fused-ring (bicyclic) bond motifs is 1. The lowest BCUT2D eigenvalue weighted by Crippen LogP contribution is -2.04. The zero-order chi connectivity index (χ0) is 17.6. The van der Waals surface area contributed by atoms with Gasteiger partial charge in [-0.05, 0) is 48.7 Å². The Kier molecular flexibility index (Phi) is 5.49. The molecule has 0 saturated carbocycles. The molecule has 3 aromatic rings. The molecule has 1 aromatic heterocycles. The maximum absolute atomic E-state index is 9.25. The lowest BCUT2D eigenvalue weighted by molar-refractivity contribution is 0.146. The lowest BCUT2D eigenvalue weighted by Gasteiger charge is -2.10. The van der Waals surface area contributed by atoms with E-state index in [9.17, 15) is 5.26 Å². The Bertz CT molecular complexity index is 915. The zero-order valence-electron chi connectivity index (χ0n) is 14.1. The third-order valence-electron chi connectivity index (χ3n) is 3.80. The van der Waals surface area contributed by atoms with Crippen LogP contribution in [0.1, 0.15) is 11.1 Å². The van der Waals surface area contributed by atoms with E-state index in [2.05, 4.69) is 15.8 Å². The minimum absolute atomic E-state index is 0.524. The van der Waals surface area contributed by atoms with Crippen LogP contribution < -0.4 is 9.46 Å². The standard InChI is InChI=1S/C19H19N3O2S/c1-13-6-7-17(19-18(13)14(11-20)12-21-19)22-25-16-5-3-4-15(10-16)24-9-8-23-2/h3-7,10,12,21-22H,8-9H2,1-2H3. The normalized spacial score (nSPS) is 10.6. The molecule has 6 heteroatoms. The van der Waals surface area contributed by atoms with Crippen LogP contribution in [0.3, 0.4) is 0 Å². The topological polar surface area (TPSA) is 70.1 Å². The molecule has 0 aliphatic carbocycles. The van der Waals surface area contributed by atoms with Crippen molar-refractivity contribution in [2.24, 2.45) is 0 Å². The average Bonchev–Trinajstić information content (AvgIpc) is 3.07. The van der Waals surface area contributed by atoms with Gasteiger partial charge in [0.05, 0.1) is 23.4 Å². The number of aromatic amines is 1. The van der Waals surface area contributed by atoms with Gasteiger partial charge in [0.25, 0.3) is 0 Å². The van der Waals surface area contributed by atoms with E-state index < -0.39 is 0 Å². The molecule has 0 aliphatic rings. The third-order valence-corrected chi connectivity index (χ3v) is 4.62. The minimum Gasteiger partial charge on any atom is -0.491 e. The molecule has 128 valence electrons. The molecule has 25 heavy (non-hydrogen) atoms. The van der Waals surface area contributed by atoms with Crippen LogP contribution >= 0.6 is 11.9 Å². The molecular weight excluding hydrogens is 334 g/mol. The minimum atomic E-state index is 0.524. The van der Waals surface area contributed by atoms with Crippen molar-refractivity contribution in [3.63, 3.8) is 0 Å². The number of nitrogens with one attached hydrogen (secondary N) is 2. The fourth-order valence-corrected chi connectivity index (χ4v) is 3.30. The van der Waals surface area contributed by atoms with E-state index in [1.54, 1.807) is 13.3 Å². The molecule has 3 rings (SSSR count). The van der Waals surface area contributed by atoms with E-state index in [0.717, 1.165) is 32.8 Å². The molecule has 0 unspecified atom stereocenters. The van der Waals surface area contributed by atoms with Crippen LogP contribution in [0.5, 0.6) is 5.75 Å². The highest BCUT2D eigenvalue weighted by molar-refractivity contribution is 8.00. The van der Waals surface area contributed by atoms with Crippen LogP contribution in [0.2, 0.25) is 0 Å². The van der Waals surface area contributed by atoms with Crippen molar-refractivity contribution in [1.82, 2.24) is 4.98 Å². The van der Waals surface area contributed by atoms with Crippen LogP contribution in [0.4, 0.5) is 5.69 Å². The summed E-state index contributed by atoms with van der Waals surface area (Å²) in [6.07, 6.45) is 1.75. The first kappa shape index (κ1) is 17.2.